The van der Waals surface area contributed by atoms with E-state index in [1.165, 1.54) is 174 Å². The normalized spacial score (nSPS) is 10.5. The Morgan fingerprint density at radius 3 is 0.990 bits per heavy atom. The largest absolute Gasteiger partial charge is 0.215 e. The van der Waals surface area contributed by atoms with Crippen LogP contribution in [0.5, 0.6) is 0 Å². The van der Waals surface area contributed by atoms with Crippen LogP contribution in [0.25, 0.3) is 67.5 Å². The molecule has 0 N–H and O–H groups in total. The van der Waals surface area contributed by atoms with Crippen LogP contribution in [0.3, 0.4) is 0 Å². The van der Waals surface area contributed by atoms with Crippen LogP contribution in [0.4, 0.5) is 0 Å². The topological polar surface area (TPSA) is 23.3 Å². The lowest BCUT2D eigenvalue weighted by Crippen LogP contribution is -2.35. The molecule has 97 heavy (non-hydrogen) atoms. The molecule has 0 unspecified atom stereocenters. The van der Waals surface area contributed by atoms with E-state index in [1.54, 1.807) is 0 Å². The second-order valence-corrected chi connectivity index (χ2v) is 27.0. The number of rotatable bonds is 6. The van der Waals surface area contributed by atoms with E-state index in [-0.39, 0.29) is 0 Å². The summed E-state index contributed by atoms with van der Waals surface area (Å²) in [6, 6.07) is 69.4. The summed E-state index contributed by atoms with van der Waals surface area (Å²) in [5.41, 5.74) is 40.9. The van der Waals surface area contributed by atoms with E-state index in [9.17, 15) is 0 Å². The minimum atomic E-state index is 1.28. The summed E-state index contributed by atoms with van der Waals surface area (Å²) >= 11 is 0. The van der Waals surface area contributed by atoms with Crippen molar-refractivity contribution in [3.63, 3.8) is 0 Å². The molecule has 498 valence electrons. The van der Waals surface area contributed by atoms with Gasteiger partial charge in [-0.2, -0.15) is 13.7 Å². The third kappa shape index (κ3) is 18.6. The molecule has 0 atom stereocenters. The Kier molecular flexibility index (Phi) is 26.0. The third-order valence-electron chi connectivity index (χ3n) is 19.4. The fourth-order valence-electron chi connectivity index (χ4n) is 12.5. The molecule has 0 aliphatic carbocycles. The van der Waals surface area contributed by atoms with Gasteiger partial charge < -0.3 is 0 Å². The minimum absolute atomic E-state index is 1.28. The second kappa shape index (κ2) is 33.7. The molecule has 0 radical (unpaired) electrons. The van der Waals surface area contributed by atoms with Crippen molar-refractivity contribution in [2.24, 2.45) is 42.3 Å². The van der Waals surface area contributed by atoms with Crippen LogP contribution in [0.2, 0.25) is 0 Å². The molecule has 0 saturated heterocycles. The Morgan fingerprint density at radius 1 is 0.206 bits per heavy atom. The summed E-state index contributed by atoms with van der Waals surface area (Å²) < 4.78 is 13.3. The van der Waals surface area contributed by atoms with Crippen molar-refractivity contribution < 1.29 is 27.4 Å². The van der Waals surface area contributed by atoms with Gasteiger partial charge in [-0.05, 0) is 232 Å². The molecule has 12 aromatic rings. The Balaban J connectivity index is 0.000000164. The van der Waals surface area contributed by atoms with Crippen LogP contribution in [0.1, 0.15) is 106 Å². The number of pyridine rings is 6. The van der Waals surface area contributed by atoms with Gasteiger partial charge in [0, 0.05) is 120 Å². The maximum absolute atomic E-state index is 2.27. The van der Waals surface area contributed by atoms with E-state index in [0.29, 0.717) is 0 Å². The number of aryl methyl sites for hydroxylation is 19. The van der Waals surface area contributed by atoms with Crippen LogP contribution in [0.15, 0.2) is 213 Å². The Morgan fingerprint density at radius 2 is 0.546 bits per heavy atom. The lowest BCUT2D eigenvalue weighted by Gasteiger charge is -2.10. The lowest BCUT2D eigenvalue weighted by molar-refractivity contribution is -0.667. The van der Waals surface area contributed by atoms with E-state index in [4.69, 9.17) is 0 Å². The van der Waals surface area contributed by atoms with E-state index in [2.05, 4.69) is 414 Å². The molecule has 0 fully saturated rings. The molecule has 0 aliphatic heterocycles. The van der Waals surface area contributed by atoms with Gasteiger partial charge in [0.25, 0.3) is 0 Å². The van der Waals surface area contributed by atoms with Gasteiger partial charge in [0.15, 0.2) is 35.7 Å². The highest BCUT2D eigenvalue weighted by Crippen LogP contribution is 2.29. The van der Waals surface area contributed by atoms with Crippen LogP contribution in [-0.4, -0.2) is 0 Å². The maximum Gasteiger partial charge on any atom is 0.215 e. The van der Waals surface area contributed by atoms with Crippen LogP contribution >= 0.6 is 0 Å². The molecule has 6 heterocycles. The molecule has 0 spiro atoms. The molecule has 6 heteroatoms. The van der Waals surface area contributed by atoms with E-state index in [0.717, 1.165) is 0 Å². The van der Waals surface area contributed by atoms with Crippen molar-refractivity contribution in [3.05, 3.63) is 319 Å². The first kappa shape index (κ1) is 74.6. The molecule has 6 aromatic carbocycles. The maximum atomic E-state index is 2.27. The zero-order chi connectivity index (χ0) is 71.1. The highest BCUT2D eigenvalue weighted by molar-refractivity contribution is 5.68. The molecule has 0 bridgehead atoms. The quantitative estimate of drug-likeness (QED) is 0.148. The summed E-state index contributed by atoms with van der Waals surface area (Å²) in [6.07, 6.45) is 6.35. The van der Waals surface area contributed by atoms with Gasteiger partial charge >= 0.3 is 0 Å². The average molecular weight is 1290 g/mol. The monoisotopic (exact) mass is 1290 g/mol. The molecule has 6 aromatic heterocycles. The zero-order valence-electron chi connectivity index (χ0n) is 63.4. The minimum Gasteiger partial charge on any atom is -0.201 e. The van der Waals surface area contributed by atoms with E-state index in [1.807, 2.05) is 0 Å². The van der Waals surface area contributed by atoms with Crippen molar-refractivity contribution in [2.45, 2.75) is 132 Å². The fraction of sp³-hybridized carbons (Fsp3) is 0.275. The molecule has 0 aliphatic rings. The summed E-state index contributed by atoms with van der Waals surface area (Å²) in [5, 5.41) is 0. The van der Waals surface area contributed by atoms with E-state index >= 15 is 0 Å². The summed E-state index contributed by atoms with van der Waals surface area (Å²) in [7, 11) is 12.7. The smallest absolute Gasteiger partial charge is 0.201 e. The molecule has 0 amide bonds. The standard InChI is InChI=1S/C16H20N.5C15H18N/c1-11-7-6-8-15(14(11)4)16-12(2)9-10-13(3)17(16)5;1-11-7-5-8-12(2)15(11)14-10-6-9-13(3)16(14)4;1-11-5-6-14(13(3)9-11)15-10-12(2)7-8-16(15)4;2*1-11-8-9-16(4)15(10-11)14-7-5-6-12(2)13(14)3;1-11-7-5-6-8-14(11)15-12(2)9-10-13(3)16(15)4/h6-10H,1-5H3;5*5-10H,1-4H3/q6*+1. The zero-order valence-corrected chi connectivity index (χ0v) is 63.4. The van der Waals surface area contributed by atoms with Crippen molar-refractivity contribution in [1.82, 2.24) is 0 Å². The van der Waals surface area contributed by atoms with Gasteiger partial charge in [0.05, 0.1) is 5.56 Å². The number of hydrogen-bond acceptors (Lipinski definition) is 0. The van der Waals surface area contributed by atoms with Crippen molar-refractivity contribution >= 4 is 0 Å². The Bertz CT molecular complexity index is 4630. The summed E-state index contributed by atoms with van der Waals surface area (Å²) in [4.78, 5) is 0. The summed E-state index contributed by atoms with van der Waals surface area (Å²) in [6.45, 7) is 41.0. The SMILES string of the molecule is Cc1cc[n+](C)c(-c2cccc(C)c2C)c1.Cc1cc[n+](C)c(-c2cccc(C)c2C)c1.Cc1ccc(-c2cc(C)cc[n+]2C)c(C)c1.Cc1cccc(-c2c(C)ccc(C)[n+]2C)c1C.Cc1cccc(C)c1-c1cccc(C)[n+]1C.Cc1ccccc1-c1c(C)ccc(C)[n+]1C. The molecule has 6 nitrogen and oxygen atoms in total. The highest BCUT2D eigenvalue weighted by Gasteiger charge is 2.21. The number of aromatic nitrogens is 6. The highest BCUT2D eigenvalue weighted by atomic mass is 15.0. The average Bonchev–Trinajstić information content (AvgIpc) is 0.833. The summed E-state index contributed by atoms with van der Waals surface area (Å²) in [5.74, 6) is 0. The van der Waals surface area contributed by atoms with Crippen molar-refractivity contribution in [3.8, 4) is 67.5 Å². The van der Waals surface area contributed by atoms with Crippen molar-refractivity contribution in [2.75, 3.05) is 0 Å². The van der Waals surface area contributed by atoms with Crippen LogP contribution in [0, 0.1) is 132 Å². The predicted molar refractivity (Wildman–Crippen MR) is 408 cm³/mol. The van der Waals surface area contributed by atoms with Gasteiger partial charge in [-0.3, -0.25) is 0 Å². The van der Waals surface area contributed by atoms with E-state index < -0.39 is 0 Å². The van der Waals surface area contributed by atoms with Gasteiger partial charge in [0.2, 0.25) is 34.2 Å². The predicted octanol–water partition coefficient (Wildman–Crippen LogP) is 18.9. The number of benzene rings is 6. The molecular formula is C91H110N6+6. The number of nitrogens with zero attached hydrogens (tertiary/aromatic N) is 6. The molecular weight excluding hydrogens is 1180 g/mol. The van der Waals surface area contributed by atoms with Crippen LogP contribution in [-0.2, 0) is 42.3 Å². The first-order valence-corrected chi connectivity index (χ1v) is 34.2. The molecule has 12 rings (SSSR count). The van der Waals surface area contributed by atoms with Gasteiger partial charge in [-0.15, -0.1) is 0 Å². The number of hydrogen-bond donors (Lipinski definition) is 0. The first-order valence-electron chi connectivity index (χ1n) is 34.2. The van der Waals surface area contributed by atoms with Gasteiger partial charge in [-0.25, -0.2) is 13.7 Å². The lowest BCUT2D eigenvalue weighted by atomic mass is 9.97. The molecule has 0 saturated carbocycles. The second-order valence-electron chi connectivity index (χ2n) is 27.0. The van der Waals surface area contributed by atoms with Gasteiger partial charge in [0.1, 0.15) is 42.3 Å². The van der Waals surface area contributed by atoms with Crippen molar-refractivity contribution in [1.29, 1.82) is 0 Å². The fourth-order valence-corrected chi connectivity index (χ4v) is 12.5. The van der Waals surface area contributed by atoms with Gasteiger partial charge in [-0.1, -0.05) is 90.5 Å². The Hall–Kier alpha value is -9.78. The third-order valence-corrected chi connectivity index (χ3v) is 19.4. The van der Waals surface area contributed by atoms with Crippen LogP contribution < -0.4 is 27.4 Å². The Labute approximate surface area is 584 Å². The first-order chi connectivity index (χ1) is 46.0.